The zero-order valence-corrected chi connectivity index (χ0v) is 5.16. The normalized spacial score (nSPS) is 9.67. The monoisotopic (exact) mass is 213 g/mol. The molecule has 0 aliphatic heterocycles. The van der Waals surface area contributed by atoms with Crippen LogP contribution in [0.15, 0.2) is 0 Å². The van der Waals surface area contributed by atoms with Crippen LogP contribution < -0.4 is 6.15 Å². The van der Waals surface area contributed by atoms with Gasteiger partial charge in [-0.2, -0.15) is 0 Å². The second-order valence-electron chi connectivity index (χ2n) is 0.448. The van der Waals surface area contributed by atoms with Gasteiger partial charge >= 0.3 is 32.1 Å². The second-order valence-corrected chi connectivity index (χ2v) is 3.00. The molecule has 0 spiro atoms. The molecular formula is H5NO4Te. The molecule has 5 nitrogen and oxygen atoms in total. The molecule has 0 fully saturated rings. The molecule has 6 heavy (non-hydrogen) atoms. The quantitative estimate of drug-likeness (QED) is 0.419. The van der Waals surface area contributed by atoms with Crippen LogP contribution in [-0.4, -0.2) is 25.9 Å². The van der Waals surface area contributed by atoms with Crippen molar-refractivity contribution < 1.29 is 13.2 Å². The van der Waals surface area contributed by atoms with Crippen molar-refractivity contribution in [2.75, 3.05) is 0 Å². The molecule has 5 N–H and O–H groups in total. The molecule has 6 heteroatoms. The van der Waals surface area contributed by atoms with Crippen molar-refractivity contribution in [2.45, 2.75) is 0 Å². The van der Waals surface area contributed by atoms with Crippen molar-refractivity contribution in [3.63, 3.8) is 0 Å². The molecule has 0 aromatic carbocycles. The van der Waals surface area contributed by atoms with Crippen LogP contribution in [0.1, 0.15) is 0 Å². The van der Waals surface area contributed by atoms with Crippen molar-refractivity contribution in [1.29, 1.82) is 0 Å². The molecule has 0 bridgehead atoms. The summed E-state index contributed by atoms with van der Waals surface area (Å²) in [5, 5.41) is 0. The van der Waals surface area contributed by atoms with Crippen LogP contribution in [0.2, 0.25) is 0 Å². The summed E-state index contributed by atoms with van der Waals surface area (Å²) in [6.07, 6.45) is 0. The van der Waals surface area contributed by atoms with E-state index in [0.29, 0.717) is 0 Å². The molecular weight excluding hydrogens is 206 g/mol. The van der Waals surface area contributed by atoms with Crippen molar-refractivity contribution in [1.82, 2.24) is 6.15 Å². The van der Waals surface area contributed by atoms with Crippen molar-refractivity contribution in [3.05, 3.63) is 0 Å². The van der Waals surface area contributed by atoms with Gasteiger partial charge in [-0.15, -0.1) is 0 Å². The number of rotatable bonds is 0. The molecule has 0 aliphatic carbocycles. The second kappa shape index (κ2) is 2.44. The summed E-state index contributed by atoms with van der Waals surface area (Å²) in [7, 11) is 0. The third kappa shape index (κ3) is 628. The van der Waals surface area contributed by atoms with E-state index in [9.17, 15) is 0 Å². The van der Waals surface area contributed by atoms with Gasteiger partial charge in [0.15, 0.2) is 0 Å². The third-order valence-electron chi connectivity index (χ3n) is 0. The van der Waals surface area contributed by atoms with Gasteiger partial charge in [-0.3, -0.25) is 0 Å². The van der Waals surface area contributed by atoms with E-state index in [1.54, 1.807) is 0 Å². The Morgan fingerprint density at radius 2 is 1.17 bits per heavy atom. The molecule has 0 saturated heterocycles. The summed E-state index contributed by atoms with van der Waals surface area (Å²) in [6, 6.07) is 0. The molecule has 0 rings (SSSR count). The average Bonchev–Trinajstić information content (AvgIpc) is 0.722. The van der Waals surface area contributed by atoms with Crippen LogP contribution in [0.25, 0.3) is 0 Å². The summed E-state index contributed by atoms with van der Waals surface area (Å²) in [5.74, 6) is 0. The van der Waals surface area contributed by atoms with Gasteiger partial charge in [0.25, 0.3) is 0 Å². The van der Waals surface area contributed by atoms with E-state index in [0.717, 1.165) is 0 Å². The van der Waals surface area contributed by atoms with E-state index < -0.39 is 19.0 Å². The van der Waals surface area contributed by atoms with Crippen LogP contribution in [0.3, 0.4) is 0 Å². The van der Waals surface area contributed by atoms with Crippen LogP contribution in [0.4, 0.5) is 0 Å². The molecule has 0 aliphatic rings. The van der Waals surface area contributed by atoms with Gasteiger partial charge in [0, 0.05) is 0 Å². The van der Waals surface area contributed by atoms with E-state index in [1.165, 1.54) is 0 Å². The standard InChI is InChI=1S/H3N.H2O4Te/c;1-5(2,3)4/h1H3;(H2,1,2,3,4). The Labute approximate surface area is 38.8 Å². The van der Waals surface area contributed by atoms with Gasteiger partial charge in [0.2, 0.25) is 0 Å². The molecule has 0 heterocycles. The zero-order valence-electron chi connectivity index (χ0n) is 2.83. The fraction of sp³-hybridized carbons (Fsp3) is 0. The van der Waals surface area contributed by atoms with Gasteiger partial charge in [-0.1, -0.05) is 0 Å². The number of hydrogen-bond donors (Lipinski definition) is 3. The third-order valence-corrected chi connectivity index (χ3v) is 0. The number of hydrogen-bond acceptors (Lipinski definition) is 3. The first kappa shape index (κ1) is 9.55. The minimum absolute atomic E-state index is 0. The molecule has 0 saturated carbocycles. The first-order valence-corrected chi connectivity index (χ1v) is 4.69. The Hall–Kier alpha value is 0.270. The van der Waals surface area contributed by atoms with E-state index in [-0.39, 0.29) is 6.15 Å². The molecule has 0 aromatic rings. The predicted molar refractivity (Wildman–Crippen MR) is 16.6 cm³/mol. The van der Waals surface area contributed by atoms with Gasteiger partial charge in [0.05, 0.1) is 0 Å². The molecule has 0 unspecified atom stereocenters. The SMILES string of the molecule is N.O=[Te](=O)(O)O. The van der Waals surface area contributed by atoms with Gasteiger partial charge < -0.3 is 6.15 Å². The van der Waals surface area contributed by atoms with Crippen LogP contribution >= 0.6 is 0 Å². The average molecular weight is 211 g/mol. The summed E-state index contributed by atoms with van der Waals surface area (Å²) in [6.45, 7) is 0. The van der Waals surface area contributed by atoms with E-state index in [1.807, 2.05) is 0 Å². The van der Waals surface area contributed by atoms with E-state index in [2.05, 4.69) is 0 Å². The van der Waals surface area contributed by atoms with Gasteiger partial charge in [-0.25, -0.2) is 0 Å². The molecule has 0 atom stereocenters. The maximum absolute atomic E-state index is 8.85. The fourth-order valence-corrected chi connectivity index (χ4v) is 0. The zero-order chi connectivity index (χ0) is 4.50. The van der Waals surface area contributed by atoms with Crippen molar-refractivity contribution in [3.8, 4) is 0 Å². The summed E-state index contributed by atoms with van der Waals surface area (Å²) >= 11 is -5.52. The van der Waals surface area contributed by atoms with Crippen molar-refractivity contribution in [2.24, 2.45) is 0 Å². The fourth-order valence-electron chi connectivity index (χ4n) is 0. The molecule has 40 valence electrons. The van der Waals surface area contributed by atoms with Crippen LogP contribution in [0, 0.1) is 0 Å². The summed E-state index contributed by atoms with van der Waals surface area (Å²) in [4.78, 5) is 0. The van der Waals surface area contributed by atoms with E-state index >= 15 is 0 Å². The first-order valence-electron chi connectivity index (χ1n) is 0.698. The van der Waals surface area contributed by atoms with Gasteiger partial charge in [0.1, 0.15) is 0 Å². The Balaban J connectivity index is 0. The predicted octanol–water partition coefficient (Wildman–Crippen LogP) is -1.57. The maximum atomic E-state index is 8.85. The molecule has 0 amide bonds. The molecule has 0 aromatic heterocycles. The Kier molecular flexibility index (Phi) is 3.89. The first-order chi connectivity index (χ1) is 2.00. The summed E-state index contributed by atoms with van der Waals surface area (Å²) in [5.41, 5.74) is 0. The summed E-state index contributed by atoms with van der Waals surface area (Å²) < 4.78 is 32.0. The Morgan fingerprint density at radius 1 is 1.17 bits per heavy atom. The van der Waals surface area contributed by atoms with E-state index in [4.69, 9.17) is 13.2 Å². The topological polar surface area (TPSA) is 110 Å². The van der Waals surface area contributed by atoms with Gasteiger partial charge in [-0.05, 0) is 0 Å². The van der Waals surface area contributed by atoms with Crippen LogP contribution in [-0.2, 0) is 6.21 Å². The molecule has 0 radical (unpaired) electrons. The minimum atomic E-state index is -5.52. The van der Waals surface area contributed by atoms with Crippen molar-refractivity contribution >= 4 is 19.0 Å². The Bertz CT molecular complexity index is 90.7. The Morgan fingerprint density at radius 3 is 1.17 bits per heavy atom. The van der Waals surface area contributed by atoms with Crippen LogP contribution in [0.5, 0.6) is 0 Å².